The van der Waals surface area contributed by atoms with E-state index in [0.29, 0.717) is 11.9 Å². The lowest BCUT2D eigenvalue weighted by Gasteiger charge is -2.28. The molecule has 1 saturated carbocycles. The molecular formula is C20H27N5O2. The SMILES string of the molecule is C[C@@H](CO)Nc1nc(Nc2ccc(N3CCOCC3)cc2)cc(C2CC2)n1. The van der Waals surface area contributed by atoms with Crippen LogP contribution in [0.3, 0.4) is 0 Å². The minimum atomic E-state index is -0.0832. The molecule has 2 fully saturated rings. The van der Waals surface area contributed by atoms with Crippen LogP contribution in [0.25, 0.3) is 0 Å². The highest BCUT2D eigenvalue weighted by Crippen LogP contribution is 2.40. The number of rotatable bonds is 7. The molecule has 1 aliphatic heterocycles. The van der Waals surface area contributed by atoms with Crippen molar-refractivity contribution in [1.29, 1.82) is 0 Å². The lowest BCUT2D eigenvalue weighted by molar-refractivity contribution is 0.122. The van der Waals surface area contributed by atoms with Gasteiger partial charge >= 0.3 is 0 Å². The number of nitrogens with zero attached hydrogens (tertiary/aromatic N) is 3. The van der Waals surface area contributed by atoms with Gasteiger partial charge in [0.25, 0.3) is 0 Å². The number of benzene rings is 1. The van der Waals surface area contributed by atoms with Crippen molar-refractivity contribution in [3.8, 4) is 0 Å². The first-order valence-electron chi connectivity index (χ1n) is 9.67. The maximum Gasteiger partial charge on any atom is 0.225 e. The number of hydrogen-bond donors (Lipinski definition) is 3. The molecule has 0 spiro atoms. The summed E-state index contributed by atoms with van der Waals surface area (Å²) in [6.07, 6.45) is 2.36. The van der Waals surface area contributed by atoms with Gasteiger partial charge < -0.3 is 25.4 Å². The molecule has 2 aromatic rings. The summed E-state index contributed by atoms with van der Waals surface area (Å²) in [5.41, 5.74) is 3.27. The van der Waals surface area contributed by atoms with Gasteiger partial charge in [0.1, 0.15) is 5.82 Å². The van der Waals surface area contributed by atoms with Crippen molar-refractivity contribution in [1.82, 2.24) is 9.97 Å². The Morgan fingerprint density at radius 1 is 1.19 bits per heavy atom. The maximum absolute atomic E-state index is 9.28. The van der Waals surface area contributed by atoms with E-state index in [-0.39, 0.29) is 12.6 Å². The highest BCUT2D eigenvalue weighted by Gasteiger charge is 2.26. The molecule has 3 N–H and O–H groups in total. The van der Waals surface area contributed by atoms with Crippen LogP contribution in [-0.2, 0) is 4.74 Å². The van der Waals surface area contributed by atoms with Gasteiger partial charge in [-0.05, 0) is 44.0 Å². The highest BCUT2D eigenvalue weighted by atomic mass is 16.5. The van der Waals surface area contributed by atoms with E-state index in [4.69, 9.17) is 4.74 Å². The lowest BCUT2D eigenvalue weighted by Crippen LogP contribution is -2.36. The first kappa shape index (κ1) is 18.0. The topological polar surface area (TPSA) is 82.5 Å². The Morgan fingerprint density at radius 3 is 2.59 bits per heavy atom. The van der Waals surface area contributed by atoms with Crippen molar-refractivity contribution < 1.29 is 9.84 Å². The van der Waals surface area contributed by atoms with Crippen LogP contribution in [0.15, 0.2) is 30.3 Å². The van der Waals surface area contributed by atoms with Crippen LogP contribution >= 0.6 is 0 Å². The molecule has 1 saturated heterocycles. The minimum absolute atomic E-state index is 0.0444. The Morgan fingerprint density at radius 2 is 1.93 bits per heavy atom. The number of nitrogens with one attached hydrogen (secondary N) is 2. The van der Waals surface area contributed by atoms with E-state index in [1.54, 1.807) is 0 Å². The molecule has 7 heteroatoms. The van der Waals surface area contributed by atoms with Crippen LogP contribution in [-0.4, -0.2) is 54.0 Å². The molecule has 0 amide bonds. The molecule has 1 aliphatic carbocycles. The fraction of sp³-hybridized carbons (Fsp3) is 0.500. The molecule has 0 unspecified atom stereocenters. The summed E-state index contributed by atoms with van der Waals surface area (Å²) >= 11 is 0. The van der Waals surface area contributed by atoms with Gasteiger partial charge in [0, 0.05) is 42.5 Å². The Balaban J connectivity index is 1.49. The van der Waals surface area contributed by atoms with E-state index in [9.17, 15) is 5.11 Å². The average molecular weight is 369 g/mol. The van der Waals surface area contributed by atoms with E-state index in [0.717, 1.165) is 43.5 Å². The predicted molar refractivity (Wildman–Crippen MR) is 107 cm³/mol. The summed E-state index contributed by atoms with van der Waals surface area (Å²) in [6, 6.07) is 10.4. The average Bonchev–Trinajstić information content (AvgIpc) is 3.54. The Labute approximate surface area is 159 Å². The summed E-state index contributed by atoms with van der Waals surface area (Å²) in [5, 5.41) is 15.8. The van der Waals surface area contributed by atoms with Crippen molar-refractivity contribution in [2.24, 2.45) is 0 Å². The zero-order valence-corrected chi connectivity index (χ0v) is 15.7. The fourth-order valence-electron chi connectivity index (χ4n) is 3.17. The molecule has 1 aromatic carbocycles. The van der Waals surface area contributed by atoms with Gasteiger partial charge in [-0.2, -0.15) is 4.98 Å². The van der Waals surface area contributed by atoms with Crippen LogP contribution < -0.4 is 15.5 Å². The van der Waals surface area contributed by atoms with Crippen LogP contribution in [0.1, 0.15) is 31.4 Å². The number of morpholine rings is 1. The van der Waals surface area contributed by atoms with Gasteiger partial charge in [-0.15, -0.1) is 0 Å². The van der Waals surface area contributed by atoms with Crippen LogP contribution in [0, 0.1) is 0 Å². The first-order chi connectivity index (χ1) is 13.2. The lowest BCUT2D eigenvalue weighted by atomic mass is 10.2. The molecule has 2 heterocycles. The van der Waals surface area contributed by atoms with Gasteiger partial charge in [0.15, 0.2) is 0 Å². The van der Waals surface area contributed by atoms with Crippen molar-refractivity contribution >= 4 is 23.1 Å². The number of aliphatic hydroxyl groups excluding tert-OH is 1. The standard InChI is InChI=1S/C20H27N5O2/c1-14(13-26)21-20-23-18(15-2-3-15)12-19(24-20)22-16-4-6-17(7-5-16)25-8-10-27-11-9-25/h4-7,12,14-15,26H,2-3,8-11,13H2,1H3,(H2,21,22,23,24)/t14-/m0/s1. The molecule has 1 aromatic heterocycles. The van der Waals surface area contributed by atoms with Gasteiger partial charge in [-0.25, -0.2) is 4.98 Å². The van der Waals surface area contributed by atoms with E-state index >= 15 is 0 Å². The summed E-state index contributed by atoms with van der Waals surface area (Å²) in [6.45, 7) is 5.39. The molecule has 0 bridgehead atoms. The Bertz CT molecular complexity index is 757. The van der Waals surface area contributed by atoms with Gasteiger partial charge in [-0.1, -0.05) is 0 Å². The molecule has 4 rings (SSSR count). The molecule has 0 radical (unpaired) electrons. The van der Waals surface area contributed by atoms with E-state index in [1.807, 2.05) is 13.0 Å². The van der Waals surface area contributed by atoms with Crippen molar-refractivity contribution in [3.63, 3.8) is 0 Å². The molecular weight excluding hydrogens is 342 g/mol. The second-order valence-electron chi connectivity index (χ2n) is 7.28. The fourth-order valence-corrected chi connectivity index (χ4v) is 3.17. The maximum atomic E-state index is 9.28. The predicted octanol–water partition coefficient (Wildman–Crippen LogP) is 2.73. The normalized spacial score (nSPS) is 18.2. The van der Waals surface area contributed by atoms with Gasteiger partial charge in [-0.3, -0.25) is 0 Å². The van der Waals surface area contributed by atoms with E-state index in [1.165, 1.54) is 18.5 Å². The van der Waals surface area contributed by atoms with Gasteiger partial charge in [0.05, 0.1) is 25.5 Å². The van der Waals surface area contributed by atoms with Crippen LogP contribution in [0.5, 0.6) is 0 Å². The summed E-state index contributed by atoms with van der Waals surface area (Å²) < 4.78 is 5.42. The number of aromatic nitrogens is 2. The second-order valence-corrected chi connectivity index (χ2v) is 7.28. The Hall–Kier alpha value is -2.38. The van der Waals surface area contributed by atoms with E-state index < -0.39 is 0 Å². The molecule has 144 valence electrons. The summed E-state index contributed by atoms with van der Waals surface area (Å²) in [7, 11) is 0. The first-order valence-corrected chi connectivity index (χ1v) is 9.67. The third-order valence-electron chi connectivity index (χ3n) is 4.91. The van der Waals surface area contributed by atoms with Crippen LogP contribution in [0.2, 0.25) is 0 Å². The zero-order valence-electron chi connectivity index (χ0n) is 15.7. The molecule has 2 aliphatic rings. The monoisotopic (exact) mass is 369 g/mol. The minimum Gasteiger partial charge on any atom is -0.394 e. The summed E-state index contributed by atoms with van der Waals surface area (Å²) in [4.78, 5) is 11.5. The number of aliphatic hydroxyl groups is 1. The number of hydrogen-bond acceptors (Lipinski definition) is 7. The largest absolute Gasteiger partial charge is 0.394 e. The quantitative estimate of drug-likeness (QED) is 0.692. The summed E-state index contributed by atoms with van der Waals surface area (Å²) in [5.74, 6) is 1.87. The Kier molecular flexibility index (Phi) is 5.40. The third kappa shape index (κ3) is 4.67. The van der Waals surface area contributed by atoms with Crippen molar-refractivity contribution in [2.75, 3.05) is 48.4 Å². The highest BCUT2D eigenvalue weighted by molar-refractivity contribution is 5.62. The third-order valence-corrected chi connectivity index (χ3v) is 4.91. The second kappa shape index (κ2) is 8.10. The number of ether oxygens (including phenoxy) is 1. The zero-order chi connectivity index (χ0) is 18.6. The smallest absolute Gasteiger partial charge is 0.225 e. The molecule has 1 atom stereocenters. The molecule has 7 nitrogen and oxygen atoms in total. The van der Waals surface area contributed by atoms with E-state index in [2.05, 4.69) is 49.8 Å². The van der Waals surface area contributed by atoms with Crippen molar-refractivity contribution in [3.05, 3.63) is 36.0 Å². The van der Waals surface area contributed by atoms with Crippen LogP contribution in [0.4, 0.5) is 23.1 Å². The van der Waals surface area contributed by atoms with Crippen molar-refractivity contribution in [2.45, 2.75) is 31.7 Å². The number of anilines is 4. The van der Waals surface area contributed by atoms with Gasteiger partial charge in [0.2, 0.25) is 5.95 Å². The molecule has 27 heavy (non-hydrogen) atoms.